The van der Waals surface area contributed by atoms with E-state index < -0.39 is 0 Å². The molecular formula is C9H14N2S. The van der Waals surface area contributed by atoms with Gasteiger partial charge >= 0.3 is 0 Å². The molecule has 0 aliphatic carbocycles. The van der Waals surface area contributed by atoms with Gasteiger partial charge in [-0.15, -0.1) is 11.3 Å². The summed E-state index contributed by atoms with van der Waals surface area (Å²) in [5, 5.41) is 4.31. The minimum atomic E-state index is 0.758. The normalized spacial score (nSPS) is 19.7. The molecule has 2 nitrogen and oxygen atoms in total. The van der Waals surface area contributed by atoms with Crippen molar-refractivity contribution in [3.63, 3.8) is 0 Å². The van der Waals surface area contributed by atoms with Gasteiger partial charge in [0.15, 0.2) is 0 Å². The van der Waals surface area contributed by atoms with Crippen molar-refractivity contribution < 1.29 is 0 Å². The summed E-state index contributed by atoms with van der Waals surface area (Å²) >= 11 is 1.74. The molecule has 0 unspecified atom stereocenters. The fraction of sp³-hybridized carbons (Fsp3) is 0.556. The van der Waals surface area contributed by atoms with Crippen LogP contribution in [0.3, 0.4) is 0 Å². The van der Waals surface area contributed by atoms with Crippen LogP contribution >= 0.6 is 11.3 Å². The van der Waals surface area contributed by atoms with Gasteiger partial charge in [0.1, 0.15) is 0 Å². The van der Waals surface area contributed by atoms with Crippen molar-refractivity contribution in [2.45, 2.75) is 18.8 Å². The molecule has 0 amide bonds. The van der Waals surface area contributed by atoms with Gasteiger partial charge in [0.2, 0.25) is 0 Å². The molecule has 3 N–H and O–H groups in total. The van der Waals surface area contributed by atoms with Gasteiger partial charge in [0.05, 0.1) is 5.00 Å². The molecule has 3 heteroatoms. The molecule has 2 rings (SSSR count). The Balaban J connectivity index is 2.08. The Morgan fingerprint density at radius 1 is 1.33 bits per heavy atom. The van der Waals surface area contributed by atoms with Crippen molar-refractivity contribution in [1.29, 1.82) is 0 Å². The Morgan fingerprint density at radius 3 is 2.67 bits per heavy atom. The number of rotatable bonds is 1. The highest BCUT2D eigenvalue weighted by atomic mass is 32.1. The topological polar surface area (TPSA) is 38.0 Å². The van der Waals surface area contributed by atoms with Crippen LogP contribution in [0.25, 0.3) is 0 Å². The number of nitrogens with one attached hydrogen (secondary N) is 1. The van der Waals surface area contributed by atoms with Crippen LogP contribution in [-0.2, 0) is 0 Å². The molecule has 0 atom stereocenters. The number of anilines is 1. The third kappa shape index (κ3) is 1.62. The highest BCUT2D eigenvalue weighted by molar-refractivity contribution is 7.15. The molecule has 0 radical (unpaired) electrons. The van der Waals surface area contributed by atoms with E-state index in [9.17, 15) is 0 Å². The van der Waals surface area contributed by atoms with E-state index in [0.29, 0.717) is 0 Å². The van der Waals surface area contributed by atoms with Crippen molar-refractivity contribution in [3.05, 3.63) is 17.0 Å². The molecule has 0 aromatic carbocycles. The van der Waals surface area contributed by atoms with Gasteiger partial charge in [-0.3, -0.25) is 0 Å². The molecular weight excluding hydrogens is 168 g/mol. The van der Waals surface area contributed by atoms with E-state index in [4.69, 9.17) is 5.73 Å². The largest absolute Gasteiger partial charge is 0.391 e. The molecule has 1 aromatic heterocycles. The summed E-state index contributed by atoms with van der Waals surface area (Å²) in [5.41, 5.74) is 5.69. The average Bonchev–Trinajstić information content (AvgIpc) is 2.54. The second kappa shape index (κ2) is 3.46. The monoisotopic (exact) mass is 182 g/mol. The predicted octanol–water partition coefficient (Wildman–Crippen LogP) is 1.80. The van der Waals surface area contributed by atoms with Crippen LogP contribution in [0.15, 0.2) is 12.1 Å². The number of piperidine rings is 1. The lowest BCUT2D eigenvalue weighted by molar-refractivity contribution is 0.465. The first kappa shape index (κ1) is 8.08. The van der Waals surface area contributed by atoms with Crippen LogP contribution in [0.2, 0.25) is 0 Å². The third-order valence-corrected chi connectivity index (χ3v) is 3.47. The Kier molecular flexibility index (Phi) is 2.33. The first-order valence-electron chi connectivity index (χ1n) is 4.42. The van der Waals surface area contributed by atoms with E-state index in [0.717, 1.165) is 24.0 Å². The third-order valence-electron chi connectivity index (χ3n) is 2.39. The highest BCUT2D eigenvalue weighted by Crippen LogP contribution is 2.31. The summed E-state index contributed by atoms with van der Waals surface area (Å²) in [5.74, 6) is 0.758. The van der Waals surface area contributed by atoms with Crippen LogP contribution in [-0.4, -0.2) is 13.1 Å². The lowest BCUT2D eigenvalue weighted by Crippen LogP contribution is -2.26. The zero-order valence-corrected chi connectivity index (χ0v) is 7.86. The molecule has 1 aromatic rings. The van der Waals surface area contributed by atoms with Crippen molar-refractivity contribution in [1.82, 2.24) is 5.32 Å². The van der Waals surface area contributed by atoms with Crippen LogP contribution in [0.1, 0.15) is 23.6 Å². The van der Waals surface area contributed by atoms with Crippen molar-refractivity contribution in [2.75, 3.05) is 18.8 Å². The van der Waals surface area contributed by atoms with E-state index in [-0.39, 0.29) is 0 Å². The van der Waals surface area contributed by atoms with Gasteiger partial charge < -0.3 is 11.1 Å². The second-order valence-corrected chi connectivity index (χ2v) is 4.41. The van der Waals surface area contributed by atoms with Crippen LogP contribution < -0.4 is 11.1 Å². The van der Waals surface area contributed by atoms with Crippen LogP contribution in [0, 0.1) is 0 Å². The smallest absolute Gasteiger partial charge is 0.0859 e. The zero-order chi connectivity index (χ0) is 8.39. The van der Waals surface area contributed by atoms with Crippen molar-refractivity contribution in [2.24, 2.45) is 0 Å². The Bertz CT molecular complexity index is 251. The molecule has 0 bridgehead atoms. The van der Waals surface area contributed by atoms with Gasteiger partial charge in [-0.25, -0.2) is 0 Å². The first-order valence-corrected chi connectivity index (χ1v) is 5.24. The molecule has 1 saturated heterocycles. The van der Waals surface area contributed by atoms with E-state index in [2.05, 4.69) is 11.4 Å². The Hall–Kier alpha value is -0.540. The van der Waals surface area contributed by atoms with E-state index >= 15 is 0 Å². The van der Waals surface area contributed by atoms with Crippen LogP contribution in [0.4, 0.5) is 5.00 Å². The van der Waals surface area contributed by atoms with Gasteiger partial charge in [-0.05, 0) is 44.0 Å². The molecule has 1 aliphatic heterocycles. The lowest BCUT2D eigenvalue weighted by atomic mass is 9.97. The highest BCUT2D eigenvalue weighted by Gasteiger charge is 2.16. The maximum Gasteiger partial charge on any atom is 0.0859 e. The fourth-order valence-electron chi connectivity index (χ4n) is 1.69. The maximum absolute atomic E-state index is 5.69. The fourth-order valence-corrected chi connectivity index (χ4v) is 2.64. The first-order chi connectivity index (χ1) is 5.86. The van der Waals surface area contributed by atoms with E-state index in [1.54, 1.807) is 11.3 Å². The Labute approximate surface area is 76.8 Å². The second-order valence-electron chi connectivity index (χ2n) is 3.26. The summed E-state index contributed by atoms with van der Waals surface area (Å²) < 4.78 is 0. The minimum absolute atomic E-state index is 0.758. The molecule has 2 heterocycles. The van der Waals surface area contributed by atoms with Gasteiger partial charge in [-0.2, -0.15) is 0 Å². The molecule has 66 valence electrons. The van der Waals surface area contributed by atoms with Crippen molar-refractivity contribution in [3.8, 4) is 0 Å². The standard InChI is InChI=1S/C9H14N2S/c10-9-2-1-8(12-9)7-3-5-11-6-4-7/h1-2,7,11H,3-6,10H2. The minimum Gasteiger partial charge on any atom is -0.391 e. The van der Waals surface area contributed by atoms with E-state index in [1.165, 1.54) is 17.7 Å². The molecule has 0 saturated carbocycles. The number of nitrogen functional groups attached to an aromatic ring is 1. The summed E-state index contributed by atoms with van der Waals surface area (Å²) in [6.45, 7) is 2.31. The molecule has 0 spiro atoms. The van der Waals surface area contributed by atoms with Gasteiger partial charge in [-0.1, -0.05) is 0 Å². The van der Waals surface area contributed by atoms with Crippen molar-refractivity contribution >= 4 is 16.3 Å². The average molecular weight is 182 g/mol. The quantitative estimate of drug-likeness (QED) is 0.695. The summed E-state index contributed by atoms with van der Waals surface area (Å²) in [6, 6.07) is 4.19. The van der Waals surface area contributed by atoms with Gasteiger partial charge in [0, 0.05) is 4.88 Å². The maximum atomic E-state index is 5.69. The predicted molar refractivity (Wildman–Crippen MR) is 53.6 cm³/mol. The molecule has 1 fully saturated rings. The molecule has 12 heavy (non-hydrogen) atoms. The summed E-state index contributed by atoms with van der Waals surface area (Å²) in [7, 11) is 0. The number of nitrogens with two attached hydrogens (primary N) is 1. The van der Waals surface area contributed by atoms with E-state index in [1.807, 2.05) is 6.07 Å². The number of hydrogen-bond donors (Lipinski definition) is 2. The number of thiophene rings is 1. The zero-order valence-electron chi connectivity index (χ0n) is 7.05. The molecule has 1 aliphatic rings. The van der Waals surface area contributed by atoms with Crippen LogP contribution in [0.5, 0.6) is 0 Å². The van der Waals surface area contributed by atoms with Gasteiger partial charge in [0.25, 0.3) is 0 Å². The number of hydrogen-bond acceptors (Lipinski definition) is 3. The SMILES string of the molecule is Nc1ccc(C2CCNCC2)s1. The summed E-state index contributed by atoms with van der Waals surface area (Å²) in [6.07, 6.45) is 2.53. The summed E-state index contributed by atoms with van der Waals surface area (Å²) in [4.78, 5) is 1.47. The lowest BCUT2D eigenvalue weighted by Gasteiger charge is -2.21. The Morgan fingerprint density at radius 2 is 2.08 bits per heavy atom.